The zero-order chi connectivity index (χ0) is 20.5. The van der Waals surface area contributed by atoms with Crippen LogP contribution in [0.2, 0.25) is 0 Å². The van der Waals surface area contributed by atoms with Crippen molar-refractivity contribution in [3.8, 4) is 6.07 Å². The molecule has 1 aromatic carbocycles. The summed E-state index contributed by atoms with van der Waals surface area (Å²) >= 11 is 0. The molecule has 0 radical (unpaired) electrons. The number of nitriles is 1. The van der Waals surface area contributed by atoms with Gasteiger partial charge in [0.1, 0.15) is 17.2 Å². The van der Waals surface area contributed by atoms with Gasteiger partial charge in [-0.25, -0.2) is 4.79 Å². The highest BCUT2D eigenvalue weighted by molar-refractivity contribution is 5.94. The Balaban J connectivity index is 2.94. The van der Waals surface area contributed by atoms with Crippen LogP contribution in [0.4, 0.5) is 5.69 Å². The van der Waals surface area contributed by atoms with E-state index in [0.29, 0.717) is 0 Å². The van der Waals surface area contributed by atoms with Crippen LogP contribution < -0.4 is 5.32 Å². The monoisotopic (exact) mass is 373 g/mol. The van der Waals surface area contributed by atoms with E-state index in [-0.39, 0.29) is 16.9 Å². The molecule has 0 aliphatic carbocycles. The van der Waals surface area contributed by atoms with Crippen LogP contribution in [0.15, 0.2) is 35.5 Å². The summed E-state index contributed by atoms with van der Waals surface area (Å²) in [5.74, 6) is -4.49. The highest BCUT2D eigenvalue weighted by Crippen LogP contribution is 2.52. The number of allylic oxidation sites excluding steroid dienone is 1. The lowest BCUT2D eigenvalue weighted by molar-refractivity contribution is -0.384. The molecule has 9 heteroatoms. The van der Waals surface area contributed by atoms with E-state index in [2.05, 4.69) is 5.32 Å². The van der Waals surface area contributed by atoms with Crippen molar-refractivity contribution in [3.05, 3.63) is 51.2 Å². The van der Waals surface area contributed by atoms with Gasteiger partial charge >= 0.3 is 11.9 Å². The van der Waals surface area contributed by atoms with E-state index in [1.807, 2.05) is 0 Å². The molecule has 3 N–H and O–H groups in total. The fourth-order valence-corrected chi connectivity index (χ4v) is 4.02. The van der Waals surface area contributed by atoms with Crippen LogP contribution in [-0.2, 0) is 9.59 Å². The van der Waals surface area contributed by atoms with Gasteiger partial charge in [-0.3, -0.25) is 14.9 Å². The SMILES string of the molecule is CC(C)C1(C(=O)O)C(C)NC(C#N)=C(C(=O)O)C1c1cccc([N+](=O)[O-])c1. The van der Waals surface area contributed by atoms with Gasteiger partial charge in [-0.2, -0.15) is 5.26 Å². The number of nitrogens with zero attached hydrogens (tertiary/aromatic N) is 2. The van der Waals surface area contributed by atoms with Gasteiger partial charge in [-0.05, 0) is 18.4 Å². The van der Waals surface area contributed by atoms with Crippen LogP contribution in [0.25, 0.3) is 0 Å². The molecule has 3 unspecified atom stereocenters. The topological polar surface area (TPSA) is 154 Å². The predicted molar refractivity (Wildman–Crippen MR) is 93.6 cm³/mol. The van der Waals surface area contributed by atoms with E-state index in [1.165, 1.54) is 24.3 Å². The molecule has 1 aliphatic heterocycles. The summed E-state index contributed by atoms with van der Waals surface area (Å²) in [6.45, 7) is 4.86. The van der Waals surface area contributed by atoms with E-state index < -0.39 is 45.7 Å². The summed E-state index contributed by atoms with van der Waals surface area (Å²) in [5, 5.41) is 43.1. The molecule has 1 heterocycles. The lowest BCUT2D eigenvalue weighted by atomic mass is 9.57. The van der Waals surface area contributed by atoms with Crippen molar-refractivity contribution >= 4 is 17.6 Å². The van der Waals surface area contributed by atoms with Crippen LogP contribution >= 0.6 is 0 Å². The first-order valence-electron chi connectivity index (χ1n) is 8.20. The van der Waals surface area contributed by atoms with Gasteiger partial charge in [0.05, 0.1) is 10.5 Å². The Morgan fingerprint density at radius 1 is 1.37 bits per heavy atom. The summed E-state index contributed by atoms with van der Waals surface area (Å²) in [6, 6.07) is 6.22. The zero-order valence-electron chi connectivity index (χ0n) is 15.0. The van der Waals surface area contributed by atoms with Crippen molar-refractivity contribution in [2.24, 2.45) is 11.3 Å². The Hall–Kier alpha value is -3.41. The van der Waals surface area contributed by atoms with Crippen molar-refractivity contribution in [3.63, 3.8) is 0 Å². The molecule has 0 fully saturated rings. The molecule has 2 rings (SSSR count). The molecule has 142 valence electrons. The van der Waals surface area contributed by atoms with E-state index in [1.54, 1.807) is 26.8 Å². The van der Waals surface area contributed by atoms with Crippen LogP contribution in [0, 0.1) is 32.8 Å². The van der Waals surface area contributed by atoms with E-state index in [9.17, 15) is 35.2 Å². The van der Waals surface area contributed by atoms with Gasteiger partial charge in [-0.1, -0.05) is 26.0 Å². The minimum Gasteiger partial charge on any atom is -0.481 e. The van der Waals surface area contributed by atoms with Gasteiger partial charge < -0.3 is 15.5 Å². The molecule has 0 bridgehead atoms. The van der Waals surface area contributed by atoms with Gasteiger partial charge in [-0.15, -0.1) is 0 Å². The summed E-state index contributed by atoms with van der Waals surface area (Å²) < 4.78 is 0. The number of nitro groups is 1. The van der Waals surface area contributed by atoms with Crippen molar-refractivity contribution in [1.82, 2.24) is 5.32 Å². The second-order valence-electron chi connectivity index (χ2n) is 6.75. The van der Waals surface area contributed by atoms with Crippen molar-refractivity contribution < 1.29 is 24.7 Å². The number of nitrogens with one attached hydrogen (secondary N) is 1. The molecule has 9 nitrogen and oxygen atoms in total. The van der Waals surface area contributed by atoms with E-state index in [4.69, 9.17) is 0 Å². The second kappa shape index (κ2) is 7.07. The smallest absolute Gasteiger partial charge is 0.335 e. The Kier molecular flexibility index (Phi) is 5.21. The number of carboxylic acid groups (broad SMARTS) is 2. The molecule has 0 spiro atoms. The fourth-order valence-electron chi connectivity index (χ4n) is 4.02. The number of aliphatic carboxylic acids is 2. The van der Waals surface area contributed by atoms with Gasteiger partial charge in [0.25, 0.3) is 5.69 Å². The third-order valence-corrected chi connectivity index (χ3v) is 5.20. The fraction of sp³-hybridized carbons (Fsp3) is 0.389. The second-order valence-corrected chi connectivity index (χ2v) is 6.75. The molecule has 0 saturated heterocycles. The number of hydrogen-bond donors (Lipinski definition) is 3. The summed E-state index contributed by atoms with van der Waals surface area (Å²) in [6.07, 6.45) is 0. The summed E-state index contributed by atoms with van der Waals surface area (Å²) in [4.78, 5) is 34.9. The summed E-state index contributed by atoms with van der Waals surface area (Å²) in [7, 11) is 0. The number of rotatable bonds is 5. The van der Waals surface area contributed by atoms with Crippen LogP contribution in [0.5, 0.6) is 0 Å². The highest BCUT2D eigenvalue weighted by atomic mass is 16.6. The molecule has 1 aromatic rings. The van der Waals surface area contributed by atoms with E-state index in [0.717, 1.165) is 0 Å². The molecule has 3 atom stereocenters. The van der Waals surface area contributed by atoms with E-state index >= 15 is 0 Å². The quantitative estimate of drug-likeness (QED) is 0.524. The first-order chi connectivity index (χ1) is 12.6. The van der Waals surface area contributed by atoms with Crippen molar-refractivity contribution in [1.29, 1.82) is 5.26 Å². The third kappa shape index (κ3) is 2.99. The Morgan fingerprint density at radius 2 is 2.00 bits per heavy atom. The van der Waals surface area contributed by atoms with Crippen LogP contribution in [0.3, 0.4) is 0 Å². The van der Waals surface area contributed by atoms with Crippen molar-refractivity contribution in [2.75, 3.05) is 0 Å². The predicted octanol–water partition coefficient (Wildman–Crippen LogP) is 2.26. The Bertz CT molecular complexity index is 885. The number of non-ortho nitro benzene ring substituents is 1. The minimum absolute atomic E-state index is 0.166. The standard InChI is InChI=1S/C18H19N3O6/c1-9(2)18(17(24)25)10(3)20-13(8-19)14(16(22)23)15(18)11-5-4-6-12(7-11)21(26)27/h4-7,9-10,15,20H,1-3H3,(H,22,23)(H,24,25). The Morgan fingerprint density at radius 3 is 2.44 bits per heavy atom. The van der Waals surface area contributed by atoms with Crippen LogP contribution in [-0.4, -0.2) is 33.1 Å². The maximum absolute atomic E-state index is 12.4. The first-order valence-corrected chi connectivity index (χ1v) is 8.20. The van der Waals surface area contributed by atoms with Gasteiger partial charge in [0.15, 0.2) is 0 Å². The zero-order valence-corrected chi connectivity index (χ0v) is 15.0. The number of nitro benzene ring substituents is 1. The highest BCUT2D eigenvalue weighted by Gasteiger charge is 2.58. The lowest BCUT2D eigenvalue weighted by Gasteiger charge is -2.48. The van der Waals surface area contributed by atoms with Crippen molar-refractivity contribution in [2.45, 2.75) is 32.7 Å². The van der Waals surface area contributed by atoms with Crippen LogP contribution in [0.1, 0.15) is 32.3 Å². The average Bonchev–Trinajstić information content (AvgIpc) is 2.59. The lowest BCUT2D eigenvalue weighted by Crippen LogP contribution is -2.59. The number of benzene rings is 1. The average molecular weight is 373 g/mol. The maximum atomic E-state index is 12.4. The van der Waals surface area contributed by atoms with Gasteiger partial charge in [0, 0.05) is 24.1 Å². The largest absolute Gasteiger partial charge is 0.481 e. The maximum Gasteiger partial charge on any atom is 0.335 e. The first kappa shape index (κ1) is 19.9. The molecular weight excluding hydrogens is 354 g/mol. The molecule has 27 heavy (non-hydrogen) atoms. The Labute approximate surface area is 155 Å². The third-order valence-electron chi connectivity index (χ3n) is 5.20. The summed E-state index contributed by atoms with van der Waals surface area (Å²) in [5.41, 5.74) is -2.41. The molecule has 0 saturated carbocycles. The number of carbonyl (C=O) groups is 2. The molecule has 0 amide bonds. The number of hydrogen-bond acceptors (Lipinski definition) is 6. The molecule has 0 aromatic heterocycles. The number of carboxylic acids is 2. The van der Waals surface area contributed by atoms with Gasteiger partial charge in [0.2, 0.25) is 0 Å². The molecule has 1 aliphatic rings. The minimum atomic E-state index is -1.64. The normalized spacial score (nSPS) is 24.9. The molecular formula is C18H19N3O6.